The lowest BCUT2D eigenvalue weighted by Gasteiger charge is -2.24. The molecule has 1 heteroatoms. The van der Waals surface area contributed by atoms with E-state index in [9.17, 15) is 4.79 Å². The van der Waals surface area contributed by atoms with Gasteiger partial charge < -0.3 is 0 Å². The maximum absolute atomic E-state index is 11.5. The molecule has 0 aliphatic heterocycles. The van der Waals surface area contributed by atoms with Crippen molar-refractivity contribution in [2.24, 2.45) is 5.41 Å². The van der Waals surface area contributed by atoms with Crippen molar-refractivity contribution >= 4 is 5.78 Å². The highest BCUT2D eigenvalue weighted by Crippen LogP contribution is 2.31. The summed E-state index contributed by atoms with van der Waals surface area (Å²) < 4.78 is 0. The summed E-state index contributed by atoms with van der Waals surface area (Å²) in [7, 11) is 0. The second-order valence-electron chi connectivity index (χ2n) is 4.50. The van der Waals surface area contributed by atoms with E-state index in [4.69, 9.17) is 0 Å². The van der Waals surface area contributed by atoms with Crippen molar-refractivity contribution in [2.45, 2.75) is 53.4 Å². The van der Waals surface area contributed by atoms with Gasteiger partial charge in [-0.05, 0) is 30.8 Å². The van der Waals surface area contributed by atoms with Crippen molar-refractivity contribution in [3.05, 3.63) is 24.3 Å². The van der Waals surface area contributed by atoms with Crippen molar-refractivity contribution < 1.29 is 4.79 Å². The van der Waals surface area contributed by atoms with Crippen LogP contribution in [0.25, 0.3) is 0 Å². The number of carbonyl (C=O) groups excluding carboxylic acids is 1. The van der Waals surface area contributed by atoms with E-state index in [0.717, 1.165) is 24.8 Å². The molecule has 1 unspecified atom stereocenters. The van der Waals surface area contributed by atoms with Crippen LogP contribution in [0.15, 0.2) is 24.3 Å². The van der Waals surface area contributed by atoms with Crippen LogP contribution >= 0.6 is 0 Å². The molecule has 0 fully saturated rings. The van der Waals surface area contributed by atoms with Gasteiger partial charge in [-0.25, -0.2) is 0 Å². The number of Topliss-reactive ketones (excluding diaryl/α,β-unsaturated/α-hetero) is 1. The first-order valence-corrected chi connectivity index (χ1v) is 5.82. The van der Waals surface area contributed by atoms with E-state index >= 15 is 0 Å². The van der Waals surface area contributed by atoms with E-state index in [1.54, 1.807) is 0 Å². The van der Waals surface area contributed by atoms with E-state index in [1.807, 2.05) is 19.9 Å². The Hall–Kier alpha value is -0.850. The third-order valence-electron chi connectivity index (χ3n) is 2.76. The molecule has 0 bridgehead atoms. The molecule has 1 nitrogen and oxygen atoms in total. The molecule has 0 N–H and O–H groups in total. The quantitative estimate of drug-likeness (QED) is 0.450. The molecule has 0 saturated carbocycles. The predicted octanol–water partition coefficient (Wildman–Crippen LogP) is 4.29. The molecule has 0 radical (unpaired) electrons. The number of allylic oxidation sites excluding steroid dienone is 3. The van der Waals surface area contributed by atoms with Crippen LogP contribution in [-0.2, 0) is 4.79 Å². The van der Waals surface area contributed by atoms with Gasteiger partial charge in [-0.1, -0.05) is 39.3 Å². The lowest BCUT2D eigenvalue weighted by atomic mass is 9.80. The zero-order valence-electron chi connectivity index (χ0n) is 10.6. The number of hydrogen-bond acceptors (Lipinski definition) is 1. The summed E-state index contributed by atoms with van der Waals surface area (Å²) in [6, 6.07) is 0. The van der Waals surface area contributed by atoms with Crippen LogP contribution < -0.4 is 0 Å². The van der Waals surface area contributed by atoms with E-state index in [2.05, 4.69) is 26.5 Å². The SMILES string of the molecule is C=CCC(C)(C=C(C)C(=O)CC)CCC. The Labute approximate surface area is 94.3 Å². The van der Waals surface area contributed by atoms with Crippen LogP contribution in [0.2, 0.25) is 0 Å². The second-order valence-corrected chi connectivity index (χ2v) is 4.50. The minimum atomic E-state index is 0.103. The minimum absolute atomic E-state index is 0.103. The average molecular weight is 208 g/mol. The van der Waals surface area contributed by atoms with Gasteiger partial charge in [0.1, 0.15) is 0 Å². The molecule has 0 aromatic carbocycles. The van der Waals surface area contributed by atoms with E-state index in [-0.39, 0.29) is 11.2 Å². The molecule has 0 aromatic rings. The highest BCUT2D eigenvalue weighted by Gasteiger charge is 2.19. The number of carbonyl (C=O) groups is 1. The average Bonchev–Trinajstić information content (AvgIpc) is 2.16. The fourth-order valence-corrected chi connectivity index (χ4v) is 2.02. The van der Waals surface area contributed by atoms with Crippen molar-refractivity contribution in [2.75, 3.05) is 0 Å². The Morgan fingerprint density at radius 3 is 2.40 bits per heavy atom. The molecule has 0 spiro atoms. The normalized spacial score (nSPS) is 15.9. The summed E-state index contributed by atoms with van der Waals surface area (Å²) in [5.74, 6) is 0.251. The molecular formula is C14H24O. The lowest BCUT2D eigenvalue weighted by Crippen LogP contribution is -2.14. The van der Waals surface area contributed by atoms with Gasteiger partial charge in [0.25, 0.3) is 0 Å². The molecule has 0 rings (SSSR count). The van der Waals surface area contributed by atoms with E-state index in [1.165, 1.54) is 0 Å². The van der Waals surface area contributed by atoms with Crippen molar-refractivity contribution in [1.29, 1.82) is 0 Å². The Kier molecular flexibility index (Phi) is 6.23. The maximum Gasteiger partial charge on any atom is 0.158 e. The molecule has 0 saturated heterocycles. The molecule has 1 atom stereocenters. The monoisotopic (exact) mass is 208 g/mol. The van der Waals surface area contributed by atoms with Crippen LogP contribution in [0.1, 0.15) is 53.4 Å². The first-order chi connectivity index (χ1) is 6.99. The summed E-state index contributed by atoms with van der Waals surface area (Å²) in [6.07, 6.45) is 7.84. The van der Waals surface area contributed by atoms with Crippen molar-refractivity contribution in [3.63, 3.8) is 0 Å². The molecular weight excluding hydrogens is 184 g/mol. The topological polar surface area (TPSA) is 17.1 Å². The third-order valence-corrected chi connectivity index (χ3v) is 2.76. The standard InChI is InChI=1S/C14H24O/c1-6-9-14(5,10-7-2)11-12(4)13(15)8-3/h6,11H,1,7-10H2,2-5H3. The summed E-state index contributed by atoms with van der Waals surface area (Å²) in [6.45, 7) is 12.0. The largest absolute Gasteiger partial charge is 0.295 e. The summed E-state index contributed by atoms with van der Waals surface area (Å²) >= 11 is 0. The fraction of sp³-hybridized carbons (Fsp3) is 0.643. The molecule has 0 aliphatic rings. The Morgan fingerprint density at radius 2 is 2.00 bits per heavy atom. The van der Waals surface area contributed by atoms with Crippen LogP contribution in [0.3, 0.4) is 0 Å². The minimum Gasteiger partial charge on any atom is -0.295 e. The van der Waals surface area contributed by atoms with Crippen molar-refractivity contribution in [1.82, 2.24) is 0 Å². The number of rotatable bonds is 7. The number of hydrogen-bond donors (Lipinski definition) is 0. The Bertz CT molecular complexity index is 250. The second kappa shape index (κ2) is 6.60. The van der Waals surface area contributed by atoms with Gasteiger partial charge >= 0.3 is 0 Å². The van der Waals surface area contributed by atoms with E-state index in [0.29, 0.717) is 6.42 Å². The molecule has 0 heterocycles. The summed E-state index contributed by atoms with van der Waals surface area (Å²) in [5.41, 5.74) is 1.00. The summed E-state index contributed by atoms with van der Waals surface area (Å²) in [4.78, 5) is 11.5. The van der Waals surface area contributed by atoms with Gasteiger partial charge in [-0.15, -0.1) is 6.58 Å². The predicted molar refractivity (Wildman–Crippen MR) is 66.9 cm³/mol. The van der Waals surface area contributed by atoms with Gasteiger partial charge in [0.15, 0.2) is 5.78 Å². The molecule has 0 amide bonds. The van der Waals surface area contributed by atoms with E-state index < -0.39 is 0 Å². The summed E-state index contributed by atoms with van der Waals surface area (Å²) in [5, 5.41) is 0. The third kappa shape index (κ3) is 4.96. The van der Waals surface area contributed by atoms with Crippen LogP contribution in [0, 0.1) is 5.41 Å². The smallest absolute Gasteiger partial charge is 0.158 e. The first kappa shape index (κ1) is 14.2. The highest BCUT2D eigenvalue weighted by atomic mass is 16.1. The van der Waals surface area contributed by atoms with Gasteiger partial charge in [0.05, 0.1) is 0 Å². The fourth-order valence-electron chi connectivity index (χ4n) is 2.02. The molecule has 0 aliphatic carbocycles. The molecule has 15 heavy (non-hydrogen) atoms. The van der Waals surface area contributed by atoms with Gasteiger partial charge in [0, 0.05) is 6.42 Å². The van der Waals surface area contributed by atoms with Crippen LogP contribution in [-0.4, -0.2) is 5.78 Å². The molecule has 0 aromatic heterocycles. The zero-order valence-corrected chi connectivity index (χ0v) is 10.6. The molecule has 86 valence electrons. The van der Waals surface area contributed by atoms with Crippen molar-refractivity contribution in [3.8, 4) is 0 Å². The Morgan fingerprint density at radius 1 is 1.40 bits per heavy atom. The number of ketones is 1. The van der Waals surface area contributed by atoms with Gasteiger partial charge in [0.2, 0.25) is 0 Å². The zero-order chi connectivity index (χ0) is 11.9. The Balaban J connectivity index is 4.77. The van der Waals surface area contributed by atoms with Gasteiger partial charge in [-0.3, -0.25) is 4.79 Å². The van der Waals surface area contributed by atoms with Crippen LogP contribution in [0.5, 0.6) is 0 Å². The van der Waals surface area contributed by atoms with Crippen LogP contribution in [0.4, 0.5) is 0 Å². The lowest BCUT2D eigenvalue weighted by molar-refractivity contribution is -0.115. The van der Waals surface area contributed by atoms with Gasteiger partial charge in [-0.2, -0.15) is 0 Å². The highest BCUT2D eigenvalue weighted by molar-refractivity contribution is 5.94. The maximum atomic E-state index is 11.5. The first-order valence-electron chi connectivity index (χ1n) is 5.82.